The van der Waals surface area contributed by atoms with Crippen LogP contribution >= 0.6 is 24.8 Å². The Balaban J connectivity index is 2.12. The van der Waals surface area contributed by atoms with Crippen LogP contribution in [0.1, 0.15) is 26.2 Å². The van der Waals surface area contributed by atoms with Gasteiger partial charge in [0.2, 0.25) is 0 Å². The van der Waals surface area contributed by atoms with Crippen molar-refractivity contribution in [3.8, 4) is 0 Å². The van der Waals surface area contributed by atoms with Gasteiger partial charge in [-0.15, -0.1) is 12.6 Å². The Morgan fingerprint density at radius 1 is 1.21 bits per heavy atom. The second-order valence-electron chi connectivity index (χ2n) is 3.82. The van der Waals surface area contributed by atoms with Gasteiger partial charge in [-0.2, -0.15) is 0 Å². The minimum absolute atomic E-state index is 0.748. The number of piperazine rings is 1. The smallest absolute Gasteiger partial charge is 0.133 e. The van der Waals surface area contributed by atoms with Crippen LogP contribution in [0.2, 0.25) is 0 Å². The molecular formula is C10H20N2S2. The molecule has 0 aromatic heterocycles. The summed E-state index contributed by atoms with van der Waals surface area (Å²) in [5.74, 6) is 0. The van der Waals surface area contributed by atoms with Gasteiger partial charge in [0.05, 0.1) is 0 Å². The minimum Gasteiger partial charge on any atom is -0.355 e. The normalized spacial score (nSPS) is 18.6. The van der Waals surface area contributed by atoms with Crippen LogP contribution in [0.4, 0.5) is 0 Å². The standard InChI is InChI=1S/C10H20N2S2/c1-2-3-4-5-11-6-8-12(9-7-11)10(13)14/h2-9H2,1H3,(H,13,14). The molecule has 0 N–H and O–H groups in total. The Kier molecular flexibility index (Phi) is 5.82. The highest BCUT2D eigenvalue weighted by atomic mass is 32.1. The zero-order valence-electron chi connectivity index (χ0n) is 8.91. The number of nitrogens with zero attached hydrogens (tertiary/aromatic N) is 2. The number of thiol groups is 1. The molecule has 0 unspecified atom stereocenters. The first-order chi connectivity index (χ1) is 6.74. The Morgan fingerprint density at radius 3 is 2.36 bits per heavy atom. The Morgan fingerprint density at radius 2 is 1.86 bits per heavy atom. The lowest BCUT2D eigenvalue weighted by molar-refractivity contribution is 0.183. The third-order valence-electron chi connectivity index (χ3n) is 2.72. The van der Waals surface area contributed by atoms with Gasteiger partial charge in [-0.3, -0.25) is 4.90 Å². The molecule has 0 spiro atoms. The van der Waals surface area contributed by atoms with Crippen molar-refractivity contribution in [1.29, 1.82) is 0 Å². The van der Waals surface area contributed by atoms with Crippen molar-refractivity contribution in [2.24, 2.45) is 0 Å². The molecule has 1 aliphatic rings. The molecule has 14 heavy (non-hydrogen) atoms. The van der Waals surface area contributed by atoms with Crippen LogP contribution in [-0.2, 0) is 0 Å². The minimum atomic E-state index is 0.748. The van der Waals surface area contributed by atoms with E-state index in [4.69, 9.17) is 12.2 Å². The van der Waals surface area contributed by atoms with E-state index in [2.05, 4.69) is 29.4 Å². The SMILES string of the molecule is CCCCCN1CCN(C(=S)S)CC1. The molecule has 0 amide bonds. The van der Waals surface area contributed by atoms with E-state index in [1.54, 1.807) is 0 Å². The molecule has 0 atom stereocenters. The molecule has 1 fully saturated rings. The van der Waals surface area contributed by atoms with Gasteiger partial charge in [-0.05, 0) is 13.0 Å². The largest absolute Gasteiger partial charge is 0.355 e. The highest BCUT2D eigenvalue weighted by Crippen LogP contribution is 2.06. The monoisotopic (exact) mass is 232 g/mol. The van der Waals surface area contributed by atoms with Crippen LogP contribution in [0.25, 0.3) is 0 Å². The number of unbranched alkanes of at least 4 members (excludes halogenated alkanes) is 2. The van der Waals surface area contributed by atoms with Gasteiger partial charge in [0.25, 0.3) is 0 Å². The van der Waals surface area contributed by atoms with Crippen LogP contribution in [0.5, 0.6) is 0 Å². The summed E-state index contributed by atoms with van der Waals surface area (Å²) >= 11 is 9.23. The average molecular weight is 232 g/mol. The summed E-state index contributed by atoms with van der Waals surface area (Å²) in [6.07, 6.45) is 3.99. The molecule has 4 heteroatoms. The van der Waals surface area contributed by atoms with Crippen molar-refractivity contribution in [2.45, 2.75) is 26.2 Å². The number of thiocarbonyl (C=S) groups is 1. The Hall–Kier alpha value is 0.200. The van der Waals surface area contributed by atoms with E-state index in [1.807, 2.05) is 0 Å². The Bertz CT molecular complexity index is 177. The fourth-order valence-electron chi connectivity index (χ4n) is 1.75. The lowest BCUT2D eigenvalue weighted by atomic mass is 10.2. The molecule has 0 bridgehead atoms. The van der Waals surface area contributed by atoms with Crippen molar-refractivity contribution in [2.75, 3.05) is 32.7 Å². The van der Waals surface area contributed by atoms with Gasteiger partial charge >= 0.3 is 0 Å². The van der Waals surface area contributed by atoms with E-state index in [0.717, 1.165) is 30.5 Å². The third-order valence-corrected chi connectivity index (χ3v) is 3.26. The van der Waals surface area contributed by atoms with Crippen molar-refractivity contribution in [3.63, 3.8) is 0 Å². The first-order valence-electron chi connectivity index (χ1n) is 5.44. The van der Waals surface area contributed by atoms with Crippen molar-refractivity contribution in [1.82, 2.24) is 9.80 Å². The molecule has 1 saturated heterocycles. The van der Waals surface area contributed by atoms with Crippen molar-refractivity contribution in [3.05, 3.63) is 0 Å². The molecule has 0 aliphatic carbocycles. The Labute approximate surface area is 98.1 Å². The van der Waals surface area contributed by atoms with Gasteiger partial charge < -0.3 is 4.90 Å². The second-order valence-corrected chi connectivity index (χ2v) is 4.93. The maximum atomic E-state index is 5.03. The summed E-state index contributed by atoms with van der Waals surface area (Å²) in [5, 5.41) is 0. The zero-order chi connectivity index (χ0) is 10.4. The molecular weight excluding hydrogens is 212 g/mol. The quantitative estimate of drug-likeness (QED) is 0.450. The lowest BCUT2D eigenvalue weighted by Crippen LogP contribution is -2.47. The first kappa shape index (κ1) is 12.3. The van der Waals surface area contributed by atoms with Crippen LogP contribution < -0.4 is 0 Å². The van der Waals surface area contributed by atoms with Gasteiger partial charge in [-0.1, -0.05) is 32.0 Å². The summed E-state index contributed by atoms with van der Waals surface area (Å²) in [6.45, 7) is 7.88. The fourth-order valence-corrected chi connectivity index (χ4v) is 2.13. The van der Waals surface area contributed by atoms with Crippen molar-refractivity contribution < 1.29 is 0 Å². The van der Waals surface area contributed by atoms with Crippen LogP contribution in [-0.4, -0.2) is 46.8 Å². The van der Waals surface area contributed by atoms with Crippen LogP contribution in [0.3, 0.4) is 0 Å². The number of rotatable bonds is 4. The molecule has 0 saturated carbocycles. The average Bonchev–Trinajstić information content (AvgIpc) is 2.19. The third kappa shape index (κ3) is 4.15. The summed E-state index contributed by atoms with van der Waals surface area (Å²) in [6, 6.07) is 0. The van der Waals surface area contributed by atoms with Crippen LogP contribution in [0.15, 0.2) is 0 Å². The summed E-state index contributed by atoms with van der Waals surface area (Å²) in [5.41, 5.74) is 0. The molecule has 1 heterocycles. The summed E-state index contributed by atoms with van der Waals surface area (Å²) in [7, 11) is 0. The predicted octanol–water partition coefficient (Wildman–Crippen LogP) is 2.01. The fraction of sp³-hybridized carbons (Fsp3) is 0.900. The second kappa shape index (κ2) is 6.64. The summed E-state index contributed by atoms with van der Waals surface area (Å²) < 4.78 is 0.748. The number of hydrogen-bond acceptors (Lipinski definition) is 2. The molecule has 1 aliphatic heterocycles. The van der Waals surface area contributed by atoms with E-state index < -0.39 is 0 Å². The predicted molar refractivity (Wildman–Crippen MR) is 69.1 cm³/mol. The summed E-state index contributed by atoms with van der Waals surface area (Å²) in [4.78, 5) is 4.70. The van der Waals surface area contributed by atoms with Gasteiger partial charge in [0.15, 0.2) is 0 Å². The first-order valence-corrected chi connectivity index (χ1v) is 6.30. The topological polar surface area (TPSA) is 6.48 Å². The lowest BCUT2D eigenvalue weighted by Gasteiger charge is -2.34. The van der Waals surface area contributed by atoms with Gasteiger partial charge in [0.1, 0.15) is 4.32 Å². The van der Waals surface area contributed by atoms with Crippen molar-refractivity contribution >= 4 is 29.2 Å². The molecule has 0 aromatic carbocycles. The van der Waals surface area contributed by atoms with Gasteiger partial charge in [-0.25, -0.2) is 0 Å². The molecule has 82 valence electrons. The highest BCUT2D eigenvalue weighted by molar-refractivity contribution is 8.10. The van der Waals surface area contributed by atoms with E-state index in [0.29, 0.717) is 0 Å². The highest BCUT2D eigenvalue weighted by Gasteiger charge is 2.16. The van der Waals surface area contributed by atoms with Crippen LogP contribution in [0, 0.1) is 0 Å². The molecule has 1 rings (SSSR count). The molecule has 0 radical (unpaired) electrons. The maximum absolute atomic E-state index is 5.03. The zero-order valence-corrected chi connectivity index (χ0v) is 10.6. The number of hydrogen-bond donors (Lipinski definition) is 1. The van der Waals surface area contributed by atoms with E-state index >= 15 is 0 Å². The molecule has 0 aromatic rings. The van der Waals surface area contributed by atoms with E-state index in [9.17, 15) is 0 Å². The van der Waals surface area contributed by atoms with Gasteiger partial charge in [0, 0.05) is 26.2 Å². The van der Waals surface area contributed by atoms with E-state index in [-0.39, 0.29) is 0 Å². The van der Waals surface area contributed by atoms with E-state index in [1.165, 1.54) is 25.8 Å². The maximum Gasteiger partial charge on any atom is 0.133 e. The molecule has 2 nitrogen and oxygen atoms in total.